The van der Waals surface area contributed by atoms with Crippen LogP contribution < -0.4 is 19.7 Å². The fourth-order valence-electron chi connectivity index (χ4n) is 4.40. The van der Waals surface area contributed by atoms with Crippen LogP contribution in [0.2, 0.25) is 0 Å². The van der Waals surface area contributed by atoms with Crippen LogP contribution in [0.1, 0.15) is 23.1 Å². The molecule has 2 heterocycles. The summed E-state index contributed by atoms with van der Waals surface area (Å²) in [5.41, 5.74) is 3.87. The molecule has 4 amide bonds. The molecule has 8 nitrogen and oxygen atoms in total. The highest BCUT2D eigenvalue weighted by Crippen LogP contribution is 2.30. The maximum Gasteiger partial charge on any atom is 0.331 e. The lowest BCUT2D eigenvalue weighted by Crippen LogP contribution is -2.54. The van der Waals surface area contributed by atoms with Crippen molar-refractivity contribution in [2.75, 3.05) is 44.6 Å². The van der Waals surface area contributed by atoms with Crippen molar-refractivity contribution in [2.45, 2.75) is 19.3 Å². The predicted octanol–water partition coefficient (Wildman–Crippen LogP) is 3.40. The summed E-state index contributed by atoms with van der Waals surface area (Å²) in [6, 6.07) is 10.6. The van der Waals surface area contributed by atoms with Crippen molar-refractivity contribution in [3.63, 3.8) is 0 Å². The van der Waals surface area contributed by atoms with E-state index in [1.807, 2.05) is 24.3 Å². The van der Waals surface area contributed by atoms with E-state index in [1.165, 1.54) is 5.56 Å². The fraction of sp³-hybridized carbons (Fsp3) is 0.346. The fourth-order valence-corrected chi connectivity index (χ4v) is 4.52. The standard InChI is InChI=1S/C26H28ClN3O5/c1-34-22-7-5-17(16-23(22)35-2)8-13-30-25(32)20(24(31)28-26(30)33)15-18-4-6-21-19(14-18)9-12-29(21)11-3-10-27/h4-7,14-16H,3,8-13H2,1-2H3,(H,28,31,33). The summed E-state index contributed by atoms with van der Waals surface area (Å²) in [5, 5.41) is 2.28. The van der Waals surface area contributed by atoms with E-state index in [1.54, 1.807) is 32.4 Å². The topological polar surface area (TPSA) is 88.2 Å². The molecule has 0 aromatic heterocycles. The van der Waals surface area contributed by atoms with Crippen LogP contribution in [-0.2, 0) is 22.4 Å². The third kappa shape index (κ3) is 5.27. The number of benzene rings is 2. The van der Waals surface area contributed by atoms with E-state index in [4.69, 9.17) is 21.1 Å². The molecule has 0 bridgehead atoms. The lowest BCUT2D eigenvalue weighted by atomic mass is 10.0. The highest BCUT2D eigenvalue weighted by Gasteiger charge is 2.35. The molecule has 2 aliphatic heterocycles. The first-order valence-electron chi connectivity index (χ1n) is 11.5. The maximum atomic E-state index is 13.1. The molecule has 2 aromatic carbocycles. The van der Waals surface area contributed by atoms with E-state index in [2.05, 4.69) is 10.2 Å². The smallest absolute Gasteiger partial charge is 0.331 e. The Morgan fingerprint density at radius 3 is 2.57 bits per heavy atom. The molecule has 9 heteroatoms. The van der Waals surface area contributed by atoms with Crippen molar-refractivity contribution in [1.29, 1.82) is 0 Å². The number of carbonyl (C=O) groups excluding carboxylic acids is 3. The Hall–Kier alpha value is -3.52. The molecule has 0 aliphatic carbocycles. The average molecular weight is 498 g/mol. The van der Waals surface area contributed by atoms with Crippen molar-refractivity contribution in [3.05, 3.63) is 58.7 Å². The molecule has 1 N–H and O–H groups in total. The largest absolute Gasteiger partial charge is 0.493 e. The number of anilines is 1. The van der Waals surface area contributed by atoms with Gasteiger partial charge in [-0.1, -0.05) is 12.1 Å². The maximum absolute atomic E-state index is 13.1. The van der Waals surface area contributed by atoms with Crippen molar-refractivity contribution < 1.29 is 23.9 Å². The number of hydrogen-bond acceptors (Lipinski definition) is 6. The number of carbonyl (C=O) groups is 3. The first-order chi connectivity index (χ1) is 16.9. The van der Waals surface area contributed by atoms with Crippen molar-refractivity contribution >= 4 is 41.2 Å². The van der Waals surface area contributed by atoms with E-state index in [9.17, 15) is 14.4 Å². The number of nitrogens with zero attached hydrogens (tertiary/aromatic N) is 2. The summed E-state index contributed by atoms with van der Waals surface area (Å²) in [4.78, 5) is 41.4. The molecule has 1 saturated heterocycles. The minimum Gasteiger partial charge on any atom is -0.493 e. The first-order valence-corrected chi connectivity index (χ1v) is 12.0. The number of amides is 4. The molecule has 1 fully saturated rings. The van der Waals surface area contributed by atoms with Gasteiger partial charge in [0.25, 0.3) is 11.8 Å². The molecular weight excluding hydrogens is 470 g/mol. The molecule has 0 atom stereocenters. The van der Waals surface area contributed by atoms with E-state index in [0.29, 0.717) is 23.8 Å². The lowest BCUT2D eigenvalue weighted by molar-refractivity contribution is -0.130. The Kier molecular flexibility index (Phi) is 7.60. The molecule has 2 aliphatic rings. The SMILES string of the molecule is COc1ccc(CCN2C(=O)NC(=O)C(=Cc3ccc4c(c3)CCN4CCCCl)C2=O)cc1OC. The zero-order valence-electron chi connectivity index (χ0n) is 19.8. The number of alkyl halides is 1. The van der Waals surface area contributed by atoms with Crippen LogP contribution in [0.25, 0.3) is 6.08 Å². The third-order valence-electron chi connectivity index (χ3n) is 6.23. The second-order valence-electron chi connectivity index (χ2n) is 8.38. The summed E-state index contributed by atoms with van der Waals surface area (Å²) >= 11 is 5.83. The molecule has 2 aromatic rings. The van der Waals surface area contributed by atoms with Crippen LogP contribution in [0.4, 0.5) is 10.5 Å². The first kappa shape index (κ1) is 24.6. The molecular formula is C26H28ClN3O5. The van der Waals surface area contributed by atoms with Crippen LogP contribution in [0.5, 0.6) is 11.5 Å². The van der Waals surface area contributed by atoms with Crippen molar-refractivity contribution in [2.24, 2.45) is 0 Å². The normalized spacial score (nSPS) is 16.5. The Balaban J connectivity index is 1.50. The van der Waals surface area contributed by atoms with Gasteiger partial charge in [0.15, 0.2) is 11.5 Å². The highest BCUT2D eigenvalue weighted by molar-refractivity contribution is 6.31. The second kappa shape index (κ2) is 10.8. The van der Waals surface area contributed by atoms with Crippen molar-refractivity contribution in [3.8, 4) is 11.5 Å². The predicted molar refractivity (Wildman–Crippen MR) is 134 cm³/mol. The van der Waals surface area contributed by atoms with E-state index in [0.717, 1.165) is 47.6 Å². The Labute approximate surface area is 209 Å². The van der Waals surface area contributed by atoms with Crippen LogP contribution in [0.3, 0.4) is 0 Å². The number of methoxy groups -OCH3 is 2. The molecule has 0 saturated carbocycles. The summed E-state index contributed by atoms with van der Waals surface area (Å²) in [6.07, 6.45) is 3.76. The van der Waals surface area contributed by atoms with Gasteiger partial charge < -0.3 is 14.4 Å². The average Bonchev–Trinajstić information content (AvgIpc) is 3.27. The Morgan fingerprint density at radius 1 is 1.03 bits per heavy atom. The van der Waals surface area contributed by atoms with Gasteiger partial charge in [-0.2, -0.15) is 0 Å². The number of rotatable bonds is 9. The van der Waals surface area contributed by atoms with Crippen LogP contribution in [-0.4, -0.2) is 62.5 Å². The summed E-state index contributed by atoms with van der Waals surface area (Å²) in [6.45, 7) is 1.93. The Bertz CT molecular complexity index is 1180. The van der Waals surface area contributed by atoms with Gasteiger partial charge in [-0.15, -0.1) is 11.6 Å². The molecule has 184 valence electrons. The Morgan fingerprint density at radius 2 is 1.83 bits per heavy atom. The number of nitrogens with one attached hydrogen (secondary N) is 1. The summed E-state index contributed by atoms with van der Waals surface area (Å²) in [5.74, 6) is 0.479. The summed E-state index contributed by atoms with van der Waals surface area (Å²) < 4.78 is 10.6. The van der Waals surface area contributed by atoms with Gasteiger partial charge in [0.05, 0.1) is 14.2 Å². The monoisotopic (exact) mass is 497 g/mol. The molecule has 4 rings (SSSR count). The zero-order valence-corrected chi connectivity index (χ0v) is 20.6. The number of halogens is 1. The van der Waals surface area contributed by atoms with Crippen LogP contribution >= 0.6 is 11.6 Å². The van der Waals surface area contributed by atoms with Gasteiger partial charge in [-0.25, -0.2) is 4.79 Å². The number of barbiturate groups is 1. The minimum atomic E-state index is -0.721. The minimum absolute atomic E-state index is 0.0612. The van der Waals surface area contributed by atoms with Crippen LogP contribution in [0.15, 0.2) is 42.0 Å². The van der Waals surface area contributed by atoms with E-state index in [-0.39, 0.29) is 12.1 Å². The summed E-state index contributed by atoms with van der Waals surface area (Å²) in [7, 11) is 3.10. The highest BCUT2D eigenvalue weighted by atomic mass is 35.5. The van der Waals surface area contributed by atoms with Gasteiger partial charge in [-0.3, -0.25) is 19.8 Å². The molecule has 35 heavy (non-hydrogen) atoms. The lowest BCUT2D eigenvalue weighted by Gasteiger charge is -2.26. The number of fused-ring (bicyclic) bond motifs is 1. The number of hydrogen-bond donors (Lipinski definition) is 1. The molecule has 0 unspecified atom stereocenters. The number of imide groups is 2. The van der Waals surface area contributed by atoms with Gasteiger partial charge in [-0.05, 0) is 66.3 Å². The van der Waals surface area contributed by atoms with Crippen molar-refractivity contribution in [1.82, 2.24) is 10.2 Å². The van der Waals surface area contributed by atoms with Gasteiger partial charge in [0, 0.05) is 31.2 Å². The van der Waals surface area contributed by atoms with E-state index >= 15 is 0 Å². The number of urea groups is 1. The van der Waals surface area contributed by atoms with Gasteiger partial charge in [0.1, 0.15) is 5.57 Å². The van der Waals surface area contributed by atoms with Crippen LogP contribution in [0, 0.1) is 0 Å². The van der Waals surface area contributed by atoms with Gasteiger partial charge in [0.2, 0.25) is 0 Å². The second-order valence-corrected chi connectivity index (χ2v) is 8.76. The van der Waals surface area contributed by atoms with E-state index < -0.39 is 17.8 Å². The number of ether oxygens (including phenoxy) is 2. The quantitative estimate of drug-likeness (QED) is 0.324. The molecule has 0 radical (unpaired) electrons. The molecule has 0 spiro atoms. The third-order valence-corrected chi connectivity index (χ3v) is 6.49. The van der Waals surface area contributed by atoms with Gasteiger partial charge >= 0.3 is 6.03 Å². The zero-order chi connectivity index (χ0) is 24.9.